The summed E-state index contributed by atoms with van der Waals surface area (Å²) in [5.41, 5.74) is 5.57. The van der Waals surface area contributed by atoms with Crippen molar-refractivity contribution in [2.75, 3.05) is 4.90 Å². The minimum atomic E-state index is 0.373. The highest BCUT2D eigenvalue weighted by atomic mass is 15.4. The number of anilines is 1. The van der Waals surface area contributed by atoms with Crippen molar-refractivity contribution in [1.82, 2.24) is 4.90 Å². The number of aromatic nitrogens is 1. The van der Waals surface area contributed by atoms with E-state index in [-0.39, 0.29) is 0 Å². The van der Waals surface area contributed by atoms with E-state index in [4.69, 9.17) is 0 Å². The fraction of sp³-hybridized carbons (Fsp3) is 0.536. The van der Waals surface area contributed by atoms with Crippen LogP contribution < -0.4 is 9.47 Å². The van der Waals surface area contributed by atoms with E-state index < -0.39 is 0 Å². The predicted octanol–water partition coefficient (Wildman–Crippen LogP) is 6.42. The van der Waals surface area contributed by atoms with Crippen molar-refractivity contribution in [3.05, 3.63) is 59.9 Å². The van der Waals surface area contributed by atoms with Gasteiger partial charge in [0.25, 0.3) is 5.82 Å². The molecular formula is C28H38N3+. The van der Waals surface area contributed by atoms with Gasteiger partial charge in [-0.1, -0.05) is 56.4 Å². The van der Waals surface area contributed by atoms with E-state index in [1.165, 1.54) is 86.0 Å². The molecule has 3 aliphatic rings. The molecule has 0 spiro atoms. The van der Waals surface area contributed by atoms with Crippen LogP contribution in [0.5, 0.6) is 0 Å². The van der Waals surface area contributed by atoms with Gasteiger partial charge in [-0.3, -0.25) is 0 Å². The van der Waals surface area contributed by atoms with Crippen molar-refractivity contribution in [3.8, 4) is 11.3 Å². The van der Waals surface area contributed by atoms with Gasteiger partial charge in [0.1, 0.15) is 11.9 Å². The first-order valence-electron chi connectivity index (χ1n) is 12.5. The highest BCUT2D eigenvalue weighted by Gasteiger charge is 2.37. The summed E-state index contributed by atoms with van der Waals surface area (Å²) in [5, 5.41) is 0. The molecule has 1 atom stereocenters. The Balaban J connectivity index is 1.55. The second kappa shape index (κ2) is 8.68. The minimum Gasteiger partial charge on any atom is -0.333 e. The first-order chi connectivity index (χ1) is 15.1. The van der Waals surface area contributed by atoms with Crippen molar-refractivity contribution in [2.45, 2.75) is 89.8 Å². The number of nitrogens with zero attached hydrogens (tertiary/aromatic N) is 3. The lowest BCUT2D eigenvalue weighted by atomic mass is 9.94. The topological polar surface area (TPSA) is 10.4 Å². The molecule has 1 aromatic carbocycles. The zero-order valence-electron chi connectivity index (χ0n) is 19.6. The lowest BCUT2D eigenvalue weighted by Crippen LogP contribution is -2.47. The van der Waals surface area contributed by atoms with Crippen molar-refractivity contribution in [2.24, 2.45) is 7.05 Å². The Hall–Kier alpha value is -2.29. The summed E-state index contributed by atoms with van der Waals surface area (Å²) in [4.78, 5) is 5.13. The molecule has 0 amide bonds. The number of aryl methyl sites for hydroxylation is 1. The summed E-state index contributed by atoms with van der Waals surface area (Å²) in [7, 11) is 2.25. The molecule has 3 nitrogen and oxygen atoms in total. The fourth-order valence-electron chi connectivity index (χ4n) is 6.14. The van der Waals surface area contributed by atoms with Gasteiger partial charge >= 0.3 is 0 Å². The second-order valence-electron chi connectivity index (χ2n) is 9.96. The molecule has 2 aromatic rings. The van der Waals surface area contributed by atoms with E-state index in [1.807, 2.05) is 0 Å². The van der Waals surface area contributed by atoms with Crippen LogP contribution in [-0.4, -0.2) is 17.1 Å². The molecule has 1 aliphatic heterocycles. The van der Waals surface area contributed by atoms with Gasteiger partial charge in [-0.15, -0.1) is 0 Å². The first kappa shape index (κ1) is 20.6. The smallest absolute Gasteiger partial charge is 0.283 e. The highest BCUT2D eigenvalue weighted by molar-refractivity contribution is 5.63. The van der Waals surface area contributed by atoms with Crippen LogP contribution in [-0.2, 0) is 7.05 Å². The van der Waals surface area contributed by atoms with Crippen molar-refractivity contribution in [1.29, 1.82) is 0 Å². The molecule has 0 saturated heterocycles. The van der Waals surface area contributed by atoms with E-state index >= 15 is 0 Å². The van der Waals surface area contributed by atoms with Crippen molar-refractivity contribution < 1.29 is 4.57 Å². The molecule has 164 valence electrons. The zero-order valence-corrected chi connectivity index (χ0v) is 19.6. The number of hydrogen-bond acceptors (Lipinski definition) is 2. The molecule has 0 N–H and O–H groups in total. The summed E-state index contributed by atoms with van der Waals surface area (Å²) in [6.45, 7) is 4.62. The molecule has 31 heavy (non-hydrogen) atoms. The van der Waals surface area contributed by atoms with Crippen LogP contribution in [0.25, 0.3) is 11.3 Å². The van der Waals surface area contributed by atoms with Crippen LogP contribution in [0, 0.1) is 6.92 Å². The van der Waals surface area contributed by atoms with E-state index in [1.54, 1.807) is 0 Å². The van der Waals surface area contributed by atoms with Crippen LogP contribution in [0.4, 0.5) is 5.82 Å². The largest absolute Gasteiger partial charge is 0.333 e. The van der Waals surface area contributed by atoms with Crippen molar-refractivity contribution >= 4 is 5.82 Å². The molecule has 1 aromatic heterocycles. The first-order valence-corrected chi connectivity index (χ1v) is 12.5. The Morgan fingerprint density at radius 3 is 2.32 bits per heavy atom. The zero-order chi connectivity index (χ0) is 21.4. The molecule has 2 heterocycles. The van der Waals surface area contributed by atoms with E-state index in [0.717, 1.165) is 0 Å². The quantitative estimate of drug-likeness (QED) is 0.533. The number of hydrogen-bond donors (Lipinski definition) is 0. The third kappa shape index (κ3) is 3.88. The Kier molecular flexibility index (Phi) is 5.77. The molecular weight excluding hydrogens is 378 g/mol. The number of benzene rings is 1. The van der Waals surface area contributed by atoms with Gasteiger partial charge in [0, 0.05) is 23.9 Å². The summed E-state index contributed by atoms with van der Waals surface area (Å²) >= 11 is 0. The van der Waals surface area contributed by atoms with E-state index in [2.05, 4.69) is 84.1 Å². The Morgan fingerprint density at radius 2 is 1.58 bits per heavy atom. The fourth-order valence-corrected chi connectivity index (χ4v) is 6.14. The molecule has 5 rings (SSSR count). The summed E-state index contributed by atoms with van der Waals surface area (Å²) in [6, 6.07) is 14.5. The Labute approximate surface area is 188 Å². The maximum absolute atomic E-state index is 2.62. The molecule has 0 unspecified atom stereocenters. The standard InChI is InChI=1S/C28H38N3/c1-21-11-7-10-16-26(21)27-19-24(23-12-8-9-13-23)20-28(29(27)3)31-18-17-30(22(31)2)25-14-5-4-6-15-25/h7,10-11,16-20,22-23,25H,4-6,8-9,12-15H2,1-3H3/q+1/t22-/m1/s1. The van der Waals surface area contributed by atoms with Crippen LogP contribution >= 0.6 is 0 Å². The molecule has 2 fully saturated rings. The van der Waals surface area contributed by atoms with Crippen LogP contribution in [0.2, 0.25) is 0 Å². The Morgan fingerprint density at radius 1 is 0.871 bits per heavy atom. The summed E-state index contributed by atoms with van der Waals surface area (Å²) in [6.07, 6.45) is 17.3. The highest BCUT2D eigenvalue weighted by Crippen LogP contribution is 2.38. The molecule has 0 radical (unpaired) electrons. The van der Waals surface area contributed by atoms with Crippen LogP contribution in [0.15, 0.2) is 48.8 Å². The molecule has 2 saturated carbocycles. The van der Waals surface area contributed by atoms with Gasteiger partial charge in [-0.05, 0) is 62.6 Å². The average molecular weight is 417 g/mol. The monoisotopic (exact) mass is 416 g/mol. The summed E-state index contributed by atoms with van der Waals surface area (Å²) < 4.78 is 2.42. The minimum absolute atomic E-state index is 0.373. The lowest BCUT2D eigenvalue weighted by Gasteiger charge is -2.34. The second-order valence-corrected chi connectivity index (χ2v) is 9.96. The molecule has 0 bridgehead atoms. The SMILES string of the molecule is Cc1ccccc1-c1cc(C2CCCC2)cc(N2C=CN(C3CCCCC3)[C@H]2C)[n+]1C. The van der Waals surface area contributed by atoms with E-state index in [0.29, 0.717) is 18.1 Å². The third-order valence-electron chi connectivity index (χ3n) is 8.05. The van der Waals surface area contributed by atoms with Crippen LogP contribution in [0.3, 0.4) is 0 Å². The normalized spacial score (nSPS) is 22.6. The van der Waals surface area contributed by atoms with Gasteiger partial charge in [-0.2, -0.15) is 0 Å². The van der Waals surface area contributed by atoms with Gasteiger partial charge in [0.15, 0.2) is 6.17 Å². The Bertz CT molecular complexity index is 951. The predicted molar refractivity (Wildman–Crippen MR) is 129 cm³/mol. The van der Waals surface area contributed by atoms with Gasteiger partial charge in [0.05, 0.1) is 7.05 Å². The summed E-state index contributed by atoms with van der Waals surface area (Å²) in [5.74, 6) is 2.03. The maximum atomic E-state index is 2.62. The van der Waals surface area contributed by atoms with Crippen LogP contribution in [0.1, 0.15) is 81.8 Å². The average Bonchev–Trinajstić information content (AvgIpc) is 3.46. The third-order valence-corrected chi connectivity index (χ3v) is 8.05. The number of pyridine rings is 1. The van der Waals surface area contributed by atoms with Gasteiger partial charge < -0.3 is 4.90 Å². The van der Waals surface area contributed by atoms with E-state index in [9.17, 15) is 0 Å². The van der Waals surface area contributed by atoms with Gasteiger partial charge in [0.2, 0.25) is 0 Å². The maximum Gasteiger partial charge on any atom is 0.283 e. The molecule has 3 heteroatoms. The number of rotatable bonds is 4. The van der Waals surface area contributed by atoms with Crippen molar-refractivity contribution in [3.63, 3.8) is 0 Å². The lowest BCUT2D eigenvalue weighted by molar-refractivity contribution is -0.647. The molecule has 2 aliphatic carbocycles. The van der Waals surface area contributed by atoms with Gasteiger partial charge in [-0.25, -0.2) is 9.47 Å².